The summed E-state index contributed by atoms with van der Waals surface area (Å²) in [4.78, 5) is 24.9. The minimum atomic E-state index is -0.781. The molecule has 1 fully saturated rings. The van der Waals surface area contributed by atoms with E-state index in [9.17, 15) is 19.1 Å². The lowest BCUT2D eigenvalue weighted by Crippen LogP contribution is -2.50. The molecule has 0 spiro atoms. The Hall–Kier alpha value is -2.11. The van der Waals surface area contributed by atoms with Crippen molar-refractivity contribution in [1.82, 2.24) is 0 Å². The maximum absolute atomic E-state index is 14.2. The van der Waals surface area contributed by atoms with Gasteiger partial charge in [-0.25, -0.2) is 9.18 Å². The van der Waals surface area contributed by atoms with Gasteiger partial charge in [0.15, 0.2) is 0 Å². The average molecular weight is 337 g/mol. The standard InChI is InChI=1S/C18H24FNO4/c1-18(2,3)15-9-11(16(21)22)7-8-20(15)12-5-6-13(14(19)10-12)17(23)24-4/h5-6,10-11,15H,7-9H2,1-4H3,(H,21,22). The SMILES string of the molecule is COC(=O)c1ccc(N2CCC(C(=O)O)CC2C(C)(C)C)cc1F. The molecule has 1 aliphatic rings. The number of anilines is 1. The summed E-state index contributed by atoms with van der Waals surface area (Å²) in [5.74, 6) is -2.51. The fourth-order valence-corrected chi connectivity index (χ4v) is 3.28. The second kappa shape index (κ2) is 6.79. The molecule has 2 rings (SSSR count). The fourth-order valence-electron chi connectivity index (χ4n) is 3.28. The molecule has 1 N–H and O–H groups in total. The quantitative estimate of drug-likeness (QED) is 0.857. The molecule has 0 amide bonds. The van der Waals surface area contributed by atoms with Crippen molar-refractivity contribution < 1.29 is 23.8 Å². The molecular formula is C18H24FNO4. The monoisotopic (exact) mass is 337 g/mol. The lowest BCUT2D eigenvalue weighted by atomic mass is 9.76. The van der Waals surface area contributed by atoms with Gasteiger partial charge in [0.2, 0.25) is 0 Å². The molecule has 2 unspecified atom stereocenters. The van der Waals surface area contributed by atoms with Crippen molar-refractivity contribution in [3.63, 3.8) is 0 Å². The number of carboxylic acid groups (broad SMARTS) is 1. The van der Waals surface area contributed by atoms with Crippen LogP contribution in [0, 0.1) is 17.2 Å². The third kappa shape index (κ3) is 3.68. The predicted octanol–water partition coefficient (Wildman–Crippen LogP) is 3.33. The highest BCUT2D eigenvalue weighted by Crippen LogP contribution is 2.38. The van der Waals surface area contributed by atoms with Crippen LogP contribution in [0.25, 0.3) is 0 Å². The van der Waals surface area contributed by atoms with Crippen LogP contribution in [0.4, 0.5) is 10.1 Å². The van der Waals surface area contributed by atoms with Gasteiger partial charge in [-0.1, -0.05) is 20.8 Å². The van der Waals surface area contributed by atoms with Gasteiger partial charge in [-0.2, -0.15) is 0 Å². The normalized spacial score (nSPS) is 21.5. The average Bonchev–Trinajstić information content (AvgIpc) is 2.52. The van der Waals surface area contributed by atoms with Crippen LogP contribution >= 0.6 is 0 Å². The van der Waals surface area contributed by atoms with E-state index in [1.54, 1.807) is 6.07 Å². The minimum Gasteiger partial charge on any atom is -0.481 e. The van der Waals surface area contributed by atoms with Gasteiger partial charge in [0.25, 0.3) is 0 Å². The highest BCUT2D eigenvalue weighted by atomic mass is 19.1. The summed E-state index contributed by atoms with van der Waals surface area (Å²) in [6.45, 7) is 6.69. The number of benzene rings is 1. The van der Waals surface area contributed by atoms with Crippen LogP contribution in [0.2, 0.25) is 0 Å². The lowest BCUT2D eigenvalue weighted by molar-refractivity contribution is -0.143. The molecule has 1 aromatic carbocycles. The first-order chi connectivity index (χ1) is 11.1. The largest absolute Gasteiger partial charge is 0.481 e. The van der Waals surface area contributed by atoms with Crippen LogP contribution in [-0.4, -0.2) is 36.7 Å². The maximum atomic E-state index is 14.2. The second-order valence-electron chi connectivity index (χ2n) is 7.29. The predicted molar refractivity (Wildman–Crippen MR) is 88.7 cm³/mol. The number of carbonyl (C=O) groups excluding carboxylic acids is 1. The van der Waals surface area contributed by atoms with E-state index in [1.165, 1.54) is 19.2 Å². The summed E-state index contributed by atoms with van der Waals surface area (Å²) < 4.78 is 18.8. The van der Waals surface area contributed by atoms with Crippen molar-refractivity contribution >= 4 is 17.6 Å². The Labute approximate surface area is 141 Å². The number of hydrogen-bond acceptors (Lipinski definition) is 4. The van der Waals surface area contributed by atoms with Crippen molar-refractivity contribution in [3.8, 4) is 0 Å². The molecule has 1 aromatic rings. The zero-order valence-electron chi connectivity index (χ0n) is 14.5. The summed E-state index contributed by atoms with van der Waals surface area (Å²) >= 11 is 0. The van der Waals surface area contributed by atoms with Crippen molar-refractivity contribution in [2.24, 2.45) is 11.3 Å². The summed E-state index contributed by atoms with van der Waals surface area (Å²) in [6.07, 6.45) is 1.03. The van der Waals surface area contributed by atoms with E-state index < -0.39 is 17.8 Å². The summed E-state index contributed by atoms with van der Waals surface area (Å²) in [5, 5.41) is 9.32. The first-order valence-electron chi connectivity index (χ1n) is 8.02. The summed E-state index contributed by atoms with van der Waals surface area (Å²) in [5.41, 5.74) is 0.393. The minimum absolute atomic E-state index is 0.0317. The number of hydrogen-bond donors (Lipinski definition) is 1. The Bertz CT molecular complexity index is 638. The highest BCUT2D eigenvalue weighted by molar-refractivity contribution is 5.90. The lowest BCUT2D eigenvalue weighted by Gasteiger charge is -2.46. The number of aliphatic carboxylic acids is 1. The van der Waals surface area contributed by atoms with Gasteiger partial charge < -0.3 is 14.7 Å². The van der Waals surface area contributed by atoms with E-state index in [2.05, 4.69) is 4.74 Å². The van der Waals surface area contributed by atoms with Crippen LogP contribution in [0.15, 0.2) is 18.2 Å². The van der Waals surface area contributed by atoms with Gasteiger partial charge in [0.1, 0.15) is 5.82 Å². The number of piperidine rings is 1. The number of carbonyl (C=O) groups is 2. The zero-order valence-corrected chi connectivity index (χ0v) is 14.5. The van der Waals surface area contributed by atoms with Gasteiger partial charge in [-0.3, -0.25) is 4.79 Å². The topological polar surface area (TPSA) is 66.8 Å². The van der Waals surface area contributed by atoms with Gasteiger partial charge in [0, 0.05) is 18.3 Å². The maximum Gasteiger partial charge on any atom is 0.340 e. The van der Waals surface area contributed by atoms with Gasteiger partial charge in [0.05, 0.1) is 18.6 Å². The Morgan fingerprint density at radius 3 is 2.50 bits per heavy atom. The van der Waals surface area contributed by atoms with Crippen molar-refractivity contribution in [1.29, 1.82) is 0 Å². The van der Waals surface area contributed by atoms with Crippen LogP contribution in [0.5, 0.6) is 0 Å². The molecule has 132 valence electrons. The van der Waals surface area contributed by atoms with E-state index in [1.807, 2.05) is 25.7 Å². The molecule has 0 radical (unpaired) electrons. The molecule has 0 bridgehead atoms. The number of ether oxygens (including phenoxy) is 1. The molecule has 0 aromatic heterocycles. The van der Waals surface area contributed by atoms with Gasteiger partial charge in [-0.15, -0.1) is 0 Å². The molecular weight excluding hydrogens is 313 g/mol. The third-order valence-electron chi connectivity index (χ3n) is 4.64. The van der Waals surface area contributed by atoms with Crippen LogP contribution in [0.1, 0.15) is 44.0 Å². The first-order valence-corrected chi connectivity index (χ1v) is 8.02. The molecule has 24 heavy (non-hydrogen) atoms. The van der Waals surface area contributed by atoms with Crippen molar-refractivity contribution in [3.05, 3.63) is 29.6 Å². The van der Waals surface area contributed by atoms with Gasteiger partial charge >= 0.3 is 11.9 Å². The van der Waals surface area contributed by atoms with Crippen LogP contribution in [0.3, 0.4) is 0 Å². The van der Waals surface area contributed by atoms with Gasteiger partial charge in [-0.05, 0) is 36.5 Å². The summed E-state index contributed by atoms with van der Waals surface area (Å²) in [6, 6.07) is 4.40. The number of esters is 1. The van der Waals surface area contributed by atoms with Crippen LogP contribution < -0.4 is 4.90 Å². The zero-order chi connectivity index (χ0) is 18.1. The van der Waals surface area contributed by atoms with E-state index >= 15 is 0 Å². The Balaban J connectivity index is 2.34. The number of nitrogens with zero attached hydrogens (tertiary/aromatic N) is 1. The number of methoxy groups -OCH3 is 1. The molecule has 1 heterocycles. The van der Waals surface area contributed by atoms with Crippen molar-refractivity contribution in [2.75, 3.05) is 18.6 Å². The van der Waals surface area contributed by atoms with E-state index in [0.29, 0.717) is 25.1 Å². The Kier molecular flexibility index (Phi) is 5.16. The Morgan fingerprint density at radius 2 is 2.00 bits per heavy atom. The van der Waals surface area contributed by atoms with Crippen LogP contribution in [-0.2, 0) is 9.53 Å². The molecule has 1 saturated heterocycles. The molecule has 2 atom stereocenters. The molecule has 0 aliphatic carbocycles. The number of halogens is 1. The summed E-state index contributed by atoms with van der Waals surface area (Å²) in [7, 11) is 1.21. The fraction of sp³-hybridized carbons (Fsp3) is 0.556. The first kappa shape index (κ1) is 18.2. The molecule has 6 heteroatoms. The second-order valence-corrected chi connectivity index (χ2v) is 7.29. The highest BCUT2D eigenvalue weighted by Gasteiger charge is 2.38. The van der Waals surface area contributed by atoms with E-state index in [4.69, 9.17) is 0 Å². The molecule has 1 aliphatic heterocycles. The van der Waals surface area contributed by atoms with E-state index in [0.717, 1.165) is 0 Å². The number of carboxylic acids is 1. The van der Waals surface area contributed by atoms with Crippen molar-refractivity contribution in [2.45, 2.75) is 39.7 Å². The molecule has 0 saturated carbocycles. The number of rotatable bonds is 3. The van der Waals surface area contributed by atoms with E-state index in [-0.39, 0.29) is 22.9 Å². The third-order valence-corrected chi connectivity index (χ3v) is 4.64. The molecule has 5 nitrogen and oxygen atoms in total. The Morgan fingerprint density at radius 1 is 1.33 bits per heavy atom. The smallest absolute Gasteiger partial charge is 0.340 e.